The number of nitrogens with zero attached hydrogens (tertiary/aromatic N) is 3. The Balaban J connectivity index is 1.41. The zero-order chi connectivity index (χ0) is 22.5. The van der Waals surface area contributed by atoms with Crippen molar-refractivity contribution in [3.8, 4) is 11.3 Å². The fourth-order valence-electron chi connectivity index (χ4n) is 2.81. The summed E-state index contributed by atoms with van der Waals surface area (Å²) in [5.74, 6) is -0.716. The van der Waals surface area contributed by atoms with Crippen LogP contribution in [0.4, 0.5) is 16.5 Å². The van der Waals surface area contributed by atoms with Crippen molar-refractivity contribution < 1.29 is 14.5 Å². The Labute approximate surface area is 185 Å². The first kappa shape index (κ1) is 20.8. The highest BCUT2D eigenvalue weighted by molar-refractivity contribution is 7.14. The van der Waals surface area contributed by atoms with Gasteiger partial charge in [-0.25, -0.2) is 4.98 Å². The maximum Gasteiger partial charge on any atom is 0.274 e. The predicted molar refractivity (Wildman–Crippen MR) is 121 cm³/mol. The molecule has 158 valence electrons. The lowest BCUT2D eigenvalue weighted by atomic mass is 10.1. The van der Waals surface area contributed by atoms with Crippen LogP contribution in [0.5, 0.6) is 0 Å². The first-order chi connectivity index (χ1) is 15.5. The Morgan fingerprint density at radius 2 is 1.75 bits per heavy atom. The molecule has 0 bridgehead atoms. The van der Waals surface area contributed by atoms with E-state index in [-0.39, 0.29) is 23.2 Å². The topological polar surface area (TPSA) is 127 Å². The summed E-state index contributed by atoms with van der Waals surface area (Å²) < 4.78 is 0. The zero-order valence-corrected chi connectivity index (χ0v) is 17.2. The molecule has 0 radical (unpaired) electrons. The molecular weight excluding hydrogens is 430 g/mol. The maximum absolute atomic E-state index is 12.5. The monoisotopic (exact) mass is 445 g/mol. The number of thiazole rings is 1. The van der Waals surface area contributed by atoms with E-state index in [4.69, 9.17) is 0 Å². The Hall–Kier alpha value is -4.44. The molecule has 0 aliphatic rings. The minimum Gasteiger partial charge on any atom is -0.321 e. The lowest BCUT2D eigenvalue weighted by molar-refractivity contribution is -0.384. The number of hydrogen-bond donors (Lipinski definition) is 2. The number of anilines is 2. The Morgan fingerprint density at radius 3 is 2.47 bits per heavy atom. The molecule has 0 saturated heterocycles. The van der Waals surface area contributed by atoms with Crippen molar-refractivity contribution in [1.29, 1.82) is 0 Å². The summed E-state index contributed by atoms with van der Waals surface area (Å²) in [6.07, 6.45) is 1.53. The predicted octanol–water partition coefficient (Wildman–Crippen LogP) is 4.62. The van der Waals surface area contributed by atoms with Gasteiger partial charge >= 0.3 is 0 Å². The number of nitrogens with one attached hydrogen (secondary N) is 2. The van der Waals surface area contributed by atoms with Crippen LogP contribution in [0.3, 0.4) is 0 Å². The van der Waals surface area contributed by atoms with Gasteiger partial charge in [0.25, 0.3) is 17.5 Å². The number of pyridine rings is 1. The molecule has 2 aromatic heterocycles. The molecule has 2 aromatic carbocycles. The van der Waals surface area contributed by atoms with Crippen LogP contribution in [0.15, 0.2) is 78.3 Å². The molecule has 0 aliphatic carbocycles. The van der Waals surface area contributed by atoms with Crippen molar-refractivity contribution in [1.82, 2.24) is 9.97 Å². The molecule has 4 rings (SSSR count). The van der Waals surface area contributed by atoms with E-state index in [1.165, 1.54) is 29.7 Å². The second kappa shape index (κ2) is 9.14. The Morgan fingerprint density at radius 1 is 0.938 bits per heavy atom. The molecule has 9 nitrogen and oxygen atoms in total. The minimum absolute atomic E-state index is 0.0312. The number of amides is 2. The third kappa shape index (κ3) is 4.82. The van der Waals surface area contributed by atoms with E-state index in [1.54, 1.807) is 60.0 Å². The number of hydrogen-bond acceptors (Lipinski definition) is 7. The second-order valence-corrected chi connectivity index (χ2v) is 7.40. The van der Waals surface area contributed by atoms with Gasteiger partial charge in [-0.05, 0) is 36.4 Å². The van der Waals surface area contributed by atoms with Crippen molar-refractivity contribution >= 4 is 39.7 Å². The van der Waals surface area contributed by atoms with Crippen LogP contribution >= 0.6 is 11.3 Å². The molecule has 2 amide bonds. The molecule has 0 spiro atoms. The number of carbonyl (C=O) groups excluding carboxylic acids is 2. The molecule has 4 aromatic rings. The van der Waals surface area contributed by atoms with Gasteiger partial charge in [-0.1, -0.05) is 18.2 Å². The standard InChI is InChI=1S/C22H15N5O4S/c28-20(14-7-9-16(10-8-14)24-21(29)18-6-1-2-11-23-18)26-22-25-19(13-32-22)15-4-3-5-17(12-15)27(30)31/h1-13H,(H,24,29)(H,25,26,28). The Kier molecular flexibility index (Phi) is 5.95. The lowest BCUT2D eigenvalue weighted by Gasteiger charge is -2.06. The summed E-state index contributed by atoms with van der Waals surface area (Å²) >= 11 is 1.21. The third-order valence-electron chi connectivity index (χ3n) is 4.38. The molecule has 0 saturated carbocycles. The van der Waals surface area contributed by atoms with Crippen molar-refractivity contribution in [2.75, 3.05) is 10.6 Å². The largest absolute Gasteiger partial charge is 0.321 e. The normalized spacial score (nSPS) is 10.4. The van der Waals surface area contributed by atoms with Gasteiger partial charge in [0.1, 0.15) is 5.69 Å². The highest BCUT2D eigenvalue weighted by Gasteiger charge is 2.13. The van der Waals surface area contributed by atoms with Gasteiger partial charge in [0, 0.05) is 40.5 Å². The number of benzene rings is 2. The van der Waals surface area contributed by atoms with Gasteiger partial charge in [0.05, 0.1) is 10.6 Å². The molecule has 2 N–H and O–H groups in total. The number of non-ortho nitro benzene ring substituents is 1. The van der Waals surface area contributed by atoms with E-state index in [2.05, 4.69) is 20.6 Å². The lowest BCUT2D eigenvalue weighted by Crippen LogP contribution is -2.14. The number of carbonyl (C=O) groups is 2. The second-order valence-electron chi connectivity index (χ2n) is 6.55. The molecule has 0 atom stereocenters. The molecule has 0 aliphatic heterocycles. The van der Waals surface area contributed by atoms with Crippen LogP contribution in [0.25, 0.3) is 11.3 Å². The van der Waals surface area contributed by atoms with E-state index in [9.17, 15) is 19.7 Å². The number of aromatic nitrogens is 2. The van der Waals surface area contributed by atoms with Gasteiger partial charge in [-0.3, -0.25) is 30.0 Å². The average Bonchev–Trinajstić information content (AvgIpc) is 3.28. The molecule has 0 unspecified atom stereocenters. The van der Waals surface area contributed by atoms with E-state index >= 15 is 0 Å². The van der Waals surface area contributed by atoms with Crippen LogP contribution in [-0.4, -0.2) is 26.7 Å². The van der Waals surface area contributed by atoms with Crippen molar-refractivity contribution in [2.45, 2.75) is 0 Å². The van der Waals surface area contributed by atoms with E-state index < -0.39 is 4.92 Å². The zero-order valence-electron chi connectivity index (χ0n) is 16.4. The molecule has 0 fully saturated rings. The van der Waals surface area contributed by atoms with Crippen molar-refractivity contribution in [3.05, 3.63) is 99.7 Å². The molecule has 32 heavy (non-hydrogen) atoms. The van der Waals surface area contributed by atoms with Crippen LogP contribution in [-0.2, 0) is 0 Å². The van der Waals surface area contributed by atoms with E-state index in [0.29, 0.717) is 27.6 Å². The summed E-state index contributed by atoms with van der Waals surface area (Å²) in [6.45, 7) is 0. The van der Waals surface area contributed by atoms with E-state index in [1.807, 2.05) is 0 Å². The third-order valence-corrected chi connectivity index (χ3v) is 5.14. The molecule has 2 heterocycles. The first-order valence-electron chi connectivity index (χ1n) is 9.34. The quantitative estimate of drug-likeness (QED) is 0.329. The number of rotatable bonds is 6. The van der Waals surface area contributed by atoms with Gasteiger partial charge in [0.15, 0.2) is 5.13 Å². The highest BCUT2D eigenvalue weighted by atomic mass is 32.1. The SMILES string of the molecule is O=C(Nc1nc(-c2cccc([N+](=O)[O-])c2)cs1)c1ccc(NC(=O)c2ccccn2)cc1. The molecular formula is C22H15N5O4S. The van der Waals surface area contributed by atoms with Gasteiger partial charge < -0.3 is 5.32 Å². The van der Waals surface area contributed by atoms with Gasteiger partial charge in [-0.15, -0.1) is 11.3 Å². The van der Waals surface area contributed by atoms with Crippen molar-refractivity contribution in [3.63, 3.8) is 0 Å². The van der Waals surface area contributed by atoms with Crippen LogP contribution in [0.2, 0.25) is 0 Å². The maximum atomic E-state index is 12.5. The summed E-state index contributed by atoms with van der Waals surface area (Å²) in [7, 11) is 0. The number of nitro benzene ring substituents is 1. The highest BCUT2D eigenvalue weighted by Crippen LogP contribution is 2.27. The summed E-state index contributed by atoms with van der Waals surface area (Å²) in [5, 5.41) is 18.5. The van der Waals surface area contributed by atoms with Crippen LogP contribution < -0.4 is 10.6 Å². The first-order valence-corrected chi connectivity index (χ1v) is 10.2. The summed E-state index contributed by atoms with van der Waals surface area (Å²) in [4.78, 5) is 43.5. The average molecular weight is 445 g/mol. The van der Waals surface area contributed by atoms with Gasteiger partial charge in [-0.2, -0.15) is 0 Å². The minimum atomic E-state index is -0.471. The number of nitro groups is 1. The van der Waals surface area contributed by atoms with Crippen LogP contribution in [0, 0.1) is 10.1 Å². The fraction of sp³-hybridized carbons (Fsp3) is 0. The smallest absolute Gasteiger partial charge is 0.274 e. The Bertz CT molecular complexity index is 1290. The molecule has 10 heteroatoms. The van der Waals surface area contributed by atoms with Crippen molar-refractivity contribution in [2.24, 2.45) is 0 Å². The van der Waals surface area contributed by atoms with Gasteiger partial charge in [0.2, 0.25) is 0 Å². The van der Waals surface area contributed by atoms with E-state index in [0.717, 1.165) is 0 Å². The van der Waals surface area contributed by atoms with Crippen LogP contribution in [0.1, 0.15) is 20.8 Å². The summed E-state index contributed by atoms with van der Waals surface area (Å²) in [6, 6.07) is 17.6. The summed E-state index contributed by atoms with van der Waals surface area (Å²) in [5.41, 5.74) is 2.28. The fourth-order valence-corrected chi connectivity index (χ4v) is 3.52.